The second-order valence-corrected chi connectivity index (χ2v) is 8.73. The highest BCUT2D eigenvalue weighted by Crippen LogP contribution is 2.58. The van der Waals surface area contributed by atoms with Crippen LogP contribution in [0.1, 0.15) is 63.7 Å². The van der Waals surface area contributed by atoms with Crippen molar-refractivity contribution in [3.8, 4) is 5.75 Å². The van der Waals surface area contributed by atoms with Crippen molar-refractivity contribution in [1.29, 1.82) is 0 Å². The van der Waals surface area contributed by atoms with E-state index < -0.39 is 11.6 Å². The van der Waals surface area contributed by atoms with E-state index in [0.29, 0.717) is 12.0 Å². The molecule has 3 rings (SSSR count). The number of aliphatic hydroxyl groups is 1. The van der Waals surface area contributed by atoms with Crippen LogP contribution in [0.3, 0.4) is 0 Å². The van der Waals surface area contributed by atoms with Gasteiger partial charge in [-0.2, -0.15) is 0 Å². The van der Waals surface area contributed by atoms with Gasteiger partial charge in [0.1, 0.15) is 11.9 Å². The van der Waals surface area contributed by atoms with Gasteiger partial charge in [0.25, 0.3) is 0 Å². The molecule has 0 bridgehead atoms. The number of carbonyl (C=O) groups is 1. The van der Waals surface area contributed by atoms with Gasteiger partial charge in [0.15, 0.2) is 0 Å². The van der Waals surface area contributed by atoms with E-state index in [1.807, 2.05) is 0 Å². The predicted octanol–water partition coefficient (Wildman–Crippen LogP) is 4.46. The van der Waals surface area contributed by atoms with Crippen molar-refractivity contribution in [3.63, 3.8) is 0 Å². The summed E-state index contributed by atoms with van der Waals surface area (Å²) in [6.07, 6.45) is 5.13. The van der Waals surface area contributed by atoms with E-state index in [-0.39, 0.29) is 29.1 Å². The number of hydrogen-bond acceptors (Lipinski definition) is 4. The maximum absolute atomic E-state index is 12.7. The van der Waals surface area contributed by atoms with E-state index in [4.69, 9.17) is 4.74 Å². The lowest BCUT2D eigenvalue weighted by atomic mass is 9.67. The number of hydrogen-bond donors (Lipinski definition) is 2. The fraction of sp³-hybridized carbons (Fsp3) is 0.591. The van der Waals surface area contributed by atoms with Crippen molar-refractivity contribution in [2.45, 2.75) is 65.1 Å². The Labute approximate surface area is 155 Å². The molecule has 0 aliphatic heterocycles. The number of rotatable bonds is 3. The molecule has 1 saturated carbocycles. The molecule has 0 aromatic heterocycles. The Morgan fingerprint density at radius 1 is 1.23 bits per heavy atom. The third-order valence-electron chi connectivity index (χ3n) is 6.56. The molecule has 142 valence electrons. The maximum Gasteiger partial charge on any atom is 0.338 e. The van der Waals surface area contributed by atoms with Crippen LogP contribution in [-0.2, 0) is 4.74 Å². The Bertz CT molecular complexity index is 705. The fourth-order valence-corrected chi connectivity index (χ4v) is 4.89. The smallest absolute Gasteiger partial charge is 0.338 e. The van der Waals surface area contributed by atoms with E-state index in [1.165, 1.54) is 17.7 Å². The van der Waals surface area contributed by atoms with Crippen molar-refractivity contribution in [1.82, 2.24) is 0 Å². The maximum atomic E-state index is 12.7. The minimum absolute atomic E-state index is 0.0727. The second-order valence-electron chi connectivity index (χ2n) is 8.73. The summed E-state index contributed by atoms with van der Waals surface area (Å²) in [5, 5.41) is 20.9. The molecular formula is C22H30O4. The van der Waals surface area contributed by atoms with Gasteiger partial charge in [-0.05, 0) is 61.8 Å². The van der Waals surface area contributed by atoms with Crippen molar-refractivity contribution in [2.75, 3.05) is 0 Å². The average molecular weight is 358 g/mol. The van der Waals surface area contributed by atoms with Gasteiger partial charge >= 0.3 is 5.97 Å². The Morgan fingerprint density at radius 2 is 1.88 bits per heavy atom. The number of ether oxygens (including phenoxy) is 1. The first kappa shape index (κ1) is 19.0. The fourth-order valence-electron chi connectivity index (χ4n) is 4.89. The van der Waals surface area contributed by atoms with Crippen LogP contribution < -0.4 is 0 Å². The number of phenols is 1. The minimum Gasteiger partial charge on any atom is -0.508 e. The molecule has 0 spiro atoms. The molecule has 0 saturated heterocycles. The highest BCUT2D eigenvalue weighted by molar-refractivity contribution is 5.89. The Balaban J connectivity index is 1.92. The van der Waals surface area contributed by atoms with Crippen LogP contribution in [0.5, 0.6) is 5.75 Å². The van der Waals surface area contributed by atoms with Crippen LogP contribution in [0.25, 0.3) is 0 Å². The molecule has 1 aromatic rings. The Morgan fingerprint density at radius 3 is 2.50 bits per heavy atom. The number of esters is 1. The van der Waals surface area contributed by atoms with Gasteiger partial charge in [0, 0.05) is 12.3 Å². The molecule has 0 radical (unpaired) electrons. The quantitative estimate of drug-likeness (QED) is 0.618. The third-order valence-corrected chi connectivity index (χ3v) is 6.56. The first-order valence-corrected chi connectivity index (χ1v) is 9.54. The third kappa shape index (κ3) is 3.27. The highest BCUT2D eigenvalue weighted by atomic mass is 16.5. The van der Waals surface area contributed by atoms with Crippen molar-refractivity contribution >= 4 is 5.97 Å². The molecule has 4 nitrogen and oxygen atoms in total. The summed E-state index contributed by atoms with van der Waals surface area (Å²) in [6, 6.07) is 6.11. The molecule has 2 N–H and O–H groups in total. The number of phenolic OH excluding ortho intramolecular Hbond substituents is 1. The van der Waals surface area contributed by atoms with Gasteiger partial charge in [0.05, 0.1) is 11.2 Å². The molecule has 0 unspecified atom stereocenters. The molecule has 2 aliphatic rings. The first-order valence-electron chi connectivity index (χ1n) is 9.54. The molecule has 1 fully saturated rings. The molecule has 0 amide bonds. The van der Waals surface area contributed by atoms with Crippen LogP contribution in [-0.4, -0.2) is 27.9 Å². The second kappa shape index (κ2) is 6.73. The molecular weight excluding hydrogens is 328 g/mol. The normalized spacial score (nSPS) is 34.2. The zero-order valence-electron chi connectivity index (χ0n) is 16.2. The lowest BCUT2D eigenvalue weighted by Crippen LogP contribution is -2.50. The summed E-state index contributed by atoms with van der Waals surface area (Å²) in [7, 11) is 0. The summed E-state index contributed by atoms with van der Waals surface area (Å²) in [4.78, 5) is 12.7. The van der Waals surface area contributed by atoms with Gasteiger partial charge in [-0.3, -0.25) is 0 Å². The monoisotopic (exact) mass is 358 g/mol. The number of allylic oxidation sites excluding steroid dienone is 1. The lowest BCUT2D eigenvalue weighted by molar-refractivity contribution is -0.112. The molecule has 0 heterocycles. The Hall–Kier alpha value is -1.81. The minimum atomic E-state index is -0.826. The zero-order chi connectivity index (χ0) is 19.1. The number of fused-ring (bicyclic) bond motifs is 1. The predicted molar refractivity (Wildman–Crippen MR) is 101 cm³/mol. The zero-order valence-corrected chi connectivity index (χ0v) is 16.2. The van der Waals surface area contributed by atoms with Gasteiger partial charge < -0.3 is 14.9 Å². The molecule has 2 aliphatic carbocycles. The summed E-state index contributed by atoms with van der Waals surface area (Å²) in [6.45, 7) is 8.39. The summed E-state index contributed by atoms with van der Waals surface area (Å²) in [5.74, 6) is -0.273. The lowest BCUT2D eigenvalue weighted by Gasteiger charge is -2.43. The average Bonchev–Trinajstić information content (AvgIpc) is 2.78. The summed E-state index contributed by atoms with van der Waals surface area (Å²) >= 11 is 0. The van der Waals surface area contributed by atoms with Crippen molar-refractivity contribution < 1.29 is 19.7 Å². The highest BCUT2D eigenvalue weighted by Gasteiger charge is 2.59. The number of benzene rings is 1. The molecule has 1 aromatic carbocycles. The van der Waals surface area contributed by atoms with Gasteiger partial charge in [-0.25, -0.2) is 4.79 Å². The van der Waals surface area contributed by atoms with Gasteiger partial charge in [-0.15, -0.1) is 0 Å². The van der Waals surface area contributed by atoms with Crippen LogP contribution in [0.2, 0.25) is 0 Å². The first-order chi connectivity index (χ1) is 12.2. The SMILES string of the molecule is CC1=CC[C@@]2(C)CC[C@@](O)(C(C)C)[C@@H]2[C@@H](OC(=O)c2ccc(O)cc2)C1. The number of carbonyl (C=O) groups excluding carboxylic acids is 1. The van der Waals surface area contributed by atoms with Gasteiger partial charge in [0.2, 0.25) is 0 Å². The van der Waals surface area contributed by atoms with Crippen LogP contribution in [0.15, 0.2) is 35.9 Å². The number of aromatic hydroxyl groups is 1. The van der Waals surface area contributed by atoms with E-state index in [2.05, 4.69) is 33.8 Å². The van der Waals surface area contributed by atoms with E-state index >= 15 is 0 Å². The van der Waals surface area contributed by atoms with Crippen molar-refractivity contribution in [3.05, 3.63) is 41.5 Å². The summed E-state index contributed by atoms with van der Waals surface area (Å²) < 4.78 is 5.97. The van der Waals surface area contributed by atoms with Crippen LogP contribution in [0, 0.1) is 17.3 Å². The largest absolute Gasteiger partial charge is 0.508 e. The summed E-state index contributed by atoms with van der Waals surface area (Å²) in [5.41, 5.74) is 0.723. The van der Waals surface area contributed by atoms with E-state index in [9.17, 15) is 15.0 Å². The van der Waals surface area contributed by atoms with E-state index in [0.717, 1.165) is 19.3 Å². The van der Waals surface area contributed by atoms with Gasteiger partial charge in [-0.1, -0.05) is 32.4 Å². The van der Waals surface area contributed by atoms with Crippen molar-refractivity contribution in [2.24, 2.45) is 17.3 Å². The topological polar surface area (TPSA) is 66.8 Å². The molecule has 4 heteroatoms. The van der Waals surface area contributed by atoms with E-state index in [1.54, 1.807) is 12.1 Å². The Kier molecular flexibility index (Phi) is 4.91. The molecule has 4 atom stereocenters. The van der Waals surface area contributed by atoms with Crippen LogP contribution >= 0.6 is 0 Å². The standard InChI is InChI=1S/C22H30O4/c1-14(2)22(25)12-11-21(4)10-9-15(3)13-18(19(21)22)26-20(24)16-5-7-17(23)8-6-16/h5-9,14,18-19,23,25H,10-13H2,1-4H3/t18-,19+,21-,22+/m0/s1. The molecule has 26 heavy (non-hydrogen) atoms. The van der Waals surface area contributed by atoms with Crippen LogP contribution in [0.4, 0.5) is 0 Å².